The maximum atomic E-state index is 10.6. The molecule has 26 heavy (non-hydrogen) atoms. The predicted molar refractivity (Wildman–Crippen MR) is 104 cm³/mol. The molecular formula is C10H24CaN2Na4O9. The first-order valence-corrected chi connectivity index (χ1v) is 5.52. The third-order valence-electron chi connectivity index (χ3n) is 2.17. The van der Waals surface area contributed by atoms with Gasteiger partial charge in [0.15, 0.2) is 0 Å². The summed E-state index contributed by atoms with van der Waals surface area (Å²) in [5, 5.41) is 34.5. The summed E-state index contributed by atoms with van der Waals surface area (Å²) in [5.41, 5.74) is 0. The van der Waals surface area contributed by atoms with Crippen molar-refractivity contribution < 1.29 is 45.1 Å². The fraction of sp³-hybridized carbons (Fsp3) is 0.600. The summed E-state index contributed by atoms with van der Waals surface area (Å²) >= 11 is 0. The maximum absolute atomic E-state index is 10.6. The Hall–Kier alpha value is 3.02. The van der Waals surface area contributed by atoms with Crippen LogP contribution in [0, 0.1) is 0 Å². The minimum atomic E-state index is -1.23. The zero-order valence-electron chi connectivity index (χ0n) is 11.1. The first-order chi connectivity index (χ1) is 9.20. The second kappa shape index (κ2) is 28.0. The molecule has 0 saturated carbocycles. The molecule has 0 heterocycles. The van der Waals surface area contributed by atoms with Crippen molar-refractivity contribution in [2.45, 2.75) is 0 Å². The first kappa shape index (κ1) is 47.0. The Morgan fingerprint density at radius 1 is 0.538 bits per heavy atom. The number of rotatable bonds is 11. The van der Waals surface area contributed by atoms with Crippen molar-refractivity contribution in [3.05, 3.63) is 0 Å². The van der Waals surface area contributed by atoms with E-state index < -0.39 is 50.1 Å². The molecule has 6 N–H and O–H groups in total. The Morgan fingerprint density at radius 2 is 0.692 bits per heavy atom. The van der Waals surface area contributed by atoms with Gasteiger partial charge in [0.25, 0.3) is 0 Å². The van der Waals surface area contributed by atoms with Crippen LogP contribution in [-0.2, 0) is 19.2 Å². The molecule has 0 atom stereocenters. The van der Waals surface area contributed by atoms with Crippen molar-refractivity contribution in [2.75, 3.05) is 39.3 Å². The van der Waals surface area contributed by atoms with Crippen molar-refractivity contribution in [1.82, 2.24) is 9.80 Å². The summed E-state index contributed by atoms with van der Waals surface area (Å²) < 4.78 is 0. The first-order valence-electron chi connectivity index (χ1n) is 5.52. The van der Waals surface area contributed by atoms with Crippen LogP contribution in [0.1, 0.15) is 0 Å². The van der Waals surface area contributed by atoms with E-state index in [2.05, 4.69) is 0 Å². The van der Waals surface area contributed by atoms with E-state index in [0.717, 1.165) is 9.80 Å². The van der Waals surface area contributed by atoms with Gasteiger partial charge in [0.2, 0.25) is 0 Å². The van der Waals surface area contributed by atoms with E-state index in [9.17, 15) is 19.2 Å². The molecule has 0 aliphatic heterocycles. The van der Waals surface area contributed by atoms with Gasteiger partial charge >= 0.3 is 180 Å². The Kier molecular flexibility index (Phi) is 50.6. The van der Waals surface area contributed by atoms with E-state index in [0.29, 0.717) is 0 Å². The zero-order valence-corrected chi connectivity index (χ0v) is 11.1. The monoisotopic (exact) mass is 448 g/mol. The van der Waals surface area contributed by atoms with E-state index in [4.69, 9.17) is 20.4 Å². The van der Waals surface area contributed by atoms with Gasteiger partial charge in [0.05, 0.1) is 26.2 Å². The topological polar surface area (TPSA) is 187 Å². The molecular weight excluding hydrogens is 424 g/mol. The van der Waals surface area contributed by atoms with Crippen LogP contribution in [0.2, 0.25) is 0 Å². The van der Waals surface area contributed by atoms with Gasteiger partial charge in [-0.15, -0.1) is 0 Å². The molecule has 0 amide bonds. The van der Waals surface area contributed by atoms with E-state index >= 15 is 0 Å². The van der Waals surface area contributed by atoms with Gasteiger partial charge in [-0.25, -0.2) is 0 Å². The van der Waals surface area contributed by atoms with Gasteiger partial charge in [0, 0.05) is 13.1 Å². The molecule has 16 heteroatoms. The van der Waals surface area contributed by atoms with E-state index in [1.807, 2.05) is 0 Å². The Balaban J connectivity index is -0.000000120. The van der Waals surface area contributed by atoms with Crippen LogP contribution in [0.5, 0.6) is 0 Å². The SMILES string of the molecule is O.O=C(O)CN(CCN(CC(=O)O)CC(=O)O)CC(=O)O.[CaH2].[NaH].[NaH].[NaH].[NaH]. The number of carbonyl (C=O) groups is 4. The van der Waals surface area contributed by atoms with Gasteiger partial charge in [-0.1, -0.05) is 0 Å². The number of carboxylic acids is 4. The molecule has 0 unspecified atom stereocenters. The molecule has 0 aromatic heterocycles. The minimum absolute atomic E-state index is 0. The van der Waals surface area contributed by atoms with Crippen molar-refractivity contribution >= 4 is 180 Å². The molecule has 0 aromatic carbocycles. The van der Waals surface area contributed by atoms with E-state index in [1.165, 1.54) is 0 Å². The molecule has 0 spiro atoms. The second-order valence-corrected chi connectivity index (χ2v) is 4.00. The van der Waals surface area contributed by atoms with Gasteiger partial charge in [-0.2, -0.15) is 0 Å². The standard InChI is InChI=1S/C10H16N2O8.Ca.4Na.H2O.6H/c13-7(14)3-11(4-8(15)16)1-2-12(5-9(17)18)6-10(19)20;;;;;;;;;;;;/h1-6H2,(H,13,14)(H,15,16)(H,17,18)(H,19,20);;;;;;1H2;;;;;;. The molecule has 0 aliphatic rings. The summed E-state index contributed by atoms with van der Waals surface area (Å²) in [6, 6.07) is 0. The summed E-state index contributed by atoms with van der Waals surface area (Å²) in [4.78, 5) is 44.4. The Bertz CT molecular complexity index is 339. The number of carboxylic acid groups (broad SMARTS) is 4. The summed E-state index contributed by atoms with van der Waals surface area (Å²) in [7, 11) is 0. The normalized spacial score (nSPS) is 8.23. The Labute approximate surface area is 269 Å². The quantitative estimate of drug-likeness (QED) is 0.221. The van der Waals surface area contributed by atoms with Crippen molar-refractivity contribution in [1.29, 1.82) is 0 Å². The van der Waals surface area contributed by atoms with E-state index in [-0.39, 0.29) is 175 Å². The third-order valence-corrected chi connectivity index (χ3v) is 2.17. The van der Waals surface area contributed by atoms with Gasteiger partial charge in [0.1, 0.15) is 0 Å². The zero-order chi connectivity index (χ0) is 15.7. The number of hydrogen-bond acceptors (Lipinski definition) is 6. The average molecular weight is 448 g/mol. The van der Waals surface area contributed by atoms with Crippen molar-refractivity contribution in [2.24, 2.45) is 0 Å². The van der Waals surface area contributed by atoms with Crippen LogP contribution in [-0.4, -0.2) is 255 Å². The summed E-state index contributed by atoms with van der Waals surface area (Å²) in [6.45, 7) is -2.25. The molecule has 0 radical (unpaired) electrons. The second-order valence-electron chi connectivity index (χ2n) is 4.00. The molecule has 134 valence electrons. The van der Waals surface area contributed by atoms with E-state index in [1.54, 1.807) is 0 Å². The van der Waals surface area contributed by atoms with Crippen molar-refractivity contribution in [3.63, 3.8) is 0 Å². The summed E-state index contributed by atoms with van der Waals surface area (Å²) in [5.74, 6) is -4.91. The van der Waals surface area contributed by atoms with Crippen LogP contribution < -0.4 is 0 Å². The van der Waals surface area contributed by atoms with Crippen LogP contribution in [0.4, 0.5) is 0 Å². The predicted octanol–water partition coefficient (Wildman–Crippen LogP) is -6.41. The molecule has 0 aliphatic carbocycles. The molecule has 11 nitrogen and oxygen atoms in total. The molecule has 0 rings (SSSR count). The van der Waals surface area contributed by atoms with Crippen LogP contribution >= 0.6 is 0 Å². The fourth-order valence-corrected chi connectivity index (χ4v) is 1.48. The van der Waals surface area contributed by atoms with Gasteiger partial charge in [-0.3, -0.25) is 29.0 Å². The average Bonchev–Trinajstić information content (AvgIpc) is 2.22. The molecule has 0 fully saturated rings. The van der Waals surface area contributed by atoms with Crippen LogP contribution in [0.15, 0.2) is 0 Å². The number of nitrogens with zero attached hydrogens (tertiary/aromatic N) is 2. The fourth-order valence-electron chi connectivity index (χ4n) is 1.48. The number of hydrogen-bond donors (Lipinski definition) is 4. The van der Waals surface area contributed by atoms with Crippen LogP contribution in [0.3, 0.4) is 0 Å². The molecule has 0 saturated heterocycles. The third kappa shape index (κ3) is 31.7. The van der Waals surface area contributed by atoms with Gasteiger partial charge < -0.3 is 25.9 Å². The number of aliphatic carboxylic acids is 4. The van der Waals surface area contributed by atoms with Crippen molar-refractivity contribution in [3.8, 4) is 0 Å². The Morgan fingerprint density at radius 3 is 0.808 bits per heavy atom. The molecule has 0 aromatic rings. The molecule has 0 bridgehead atoms. The van der Waals surface area contributed by atoms with Gasteiger partial charge in [-0.05, 0) is 0 Å². The van der Waals surface area contributed by atoms with Crippen LogP contribution in [0.25, 0.3) is 0 Å². The summed E-state index contributed by atoms with van der Waals surface area (Å²) in [6.07, 6.45) is 0.